The Bertz CT molecular complexity index is 845. The molecule has 1 amide bonds. The summed E-state index contributed by atoms with van der Waals surface area (Å²) < 4.78 is 5.93. The van der Waals surface area contributed by atoms with Crippen LogP contribution in [0.15, 0.2) is 18.2 Å². The average molecular weight is 391 g/mol. The first kappa shape index (κ1) is 20.9. The number of ether oxygens (including phenoxy) is 1. The van der Waals surface area contributed by atoms with Crippen molar-refractivity contribution >= 4 is 23.2 Å². The minimum atomic E-state index is -1.01. The van der Waals surface area contributed by atoms with Gasteiger partial charge in [0.1, 0.15) is 15.6 Å². The molecule has 2 atom stereocenters. The Balaban J connectivity index is 2.09. The summed E-state index contributed by atoms with van der Waals surface area (Å²) in [5.41, 5.74) is 2.57. The van der Waals surface area contributed by atoms with E-state index in [2.05, 4.69) is 24.1 Å². The van der Waals surface area contributed by atoms with Crippen LogP contribution in [0, 0.1) is 13.8 Å². The first-order valence-electron chi connectivity index (χ1n) is 8.88. The van der Waals surface area contributed by atoms with Crippen molar-refractivity contribution in [3.8, 4) is 5.75 Å². The van der Waals surface area contributed by atoms with Crippen molar-refractivity contribution in [2.75, 3.05) is 0 Å². The zero-order valence-electron chi connectivity index (χ0n) is 16.5. The van der Waals surface area contributed by atoms with E-state index in [1.807, 2.05) is 25.1 Å². The molecule has 0 radical (unpaired) electrons. The molecule has 0 fully saturated rings. The Morgan fingerprint density at radius 3 is 2.41 bits per heavy atom. The number of benzene rings is 1. The van der Waals surface area contributed by atoms with Gasteiger partial charge >= 0.3 is 5.97 Å². The average Bonchev–Trinajstić information content (AvgIpc) is 2.96. The molecule has 1 aromatic carbocycles. The maximum absolute atomic E-state index is 12.5. The minimum Gasteiger partial charge on any atom is -0.481 e. The molecule has 0 bridgehead atoms. The number of aromatic nitrogens is 1. The maximum Gasteiger partial charge on any atom is 0.347 e. The minimum absolute atomic E-state index is 0.191. The molecule has 2 aromatic rings. The molecular weight excluding hydrogens is 364 g/mol. The number of rotatable bonds is 7. The van der Waals surface area contributed by atoms with E-state index in [9.17, 15) is 9.59 Å². The van der Waals surface area contributed by atoms with Gasteiger partial charge in [-0.1, -0.05) is 26.0 Å². The van der Waals surface area contributed by atoms with E-state index in [0.717, 1.165) is 22.5 Å². The monoisotopic (exact) mass is 390 g/mol. The van der Waals surface area contributed by atoms with Crippen LogP contribution in [-0.4, -0.2) is 28.1 Å². The van der Waals surface area contributed by atoms with Gasteiger partial charge in [0.05, 0.1) is 11.7 Å². The molecule has 1 heterocycles. The van der Waals surface area contributed by atoms with Crippen molar-refractivity contribution in [1.82, 2.24) is 10.3 Å². The van der Waals surface area contributed by atoms with E-state index in [0.29, 0.717) is 16.5 Å². The summed E-state index contributed by atoms with van der Waals surface area (Å²) in [6.45, 7) is 11.3. The lowest BCUT2D eigenvalue weighted by molar-refractivity contribution is -0.127. The summed E-state index contributed by atoms with van der Waals surface area (Å²) in [7, 11) is 0. The Morgan fingerprint density at radius 2 is 1.85 bits per heavy atom. The summed E-state index contributed by atoms with van der Waals surface area (Å²) in [6.07, 6.45) is -0.688. The molecule has 0 aliphatic rings. The van der Waals surface area contributed by atoms with E-state index in [1.165, 1.54) is 0 Å². The van der Waals surface area contributed by atoms with Crippen molar-refractivity contribution in [3.63, 3.8) is 0 Å². The molecule has 0 saturated heterocycles. The van der Waals surface area contributed by atoms with Gasteiger partial charge in [-0.2, -0.15) is 0 Å². The lowest BCUT2D eigenvalue weighted by Crippen LogP contribution is -2.38. The summed E-state index contributed by atoms with van der Waals surface area (Å²) in [5.74, 6) is -0.295. The van der Waals surface area contributed by atoms with Crippen molar-refractivity contribution < 1.29 is 19.4 Å². The van der Waals surface area contributed by atoms with E-state index >= 15 is 0 Å². The SMILES string of the molecule is Cc1ccc(C(C)C)c(OC(C)C(=O)NC(C)c2nc(C)c(C(=O)O)s2)c1. The number of aryl methyl sites for hydroxylation is 2. The van der Waals surface area contributed by atoms with Gasteiger partial charge < -0.3 is 15.2 Å². The molecule has 0 aliphatic carbocycles. The molecule has 6 nitrogen and oxygen atoms in total. The van der Waals surface area contributed by atoms with Crippen LogP contribution in [0.3, 0.4) is 0 Å². The lowest BCUT2D eigenvalue weighted by atomic mass is 10.0. The maximum atomic E-state index is 12.5. The van der Waals surface area contributed by atoms with Crippen molar-refractivity contribution in [2.24, 2.45) is 0 Å². The van der Waals surface area contributed by atoms with Crippen LogP contribution < -0.4 is 10.1 Å². The van der Waals surface area contributed by atoms with Crippen LogP contribution in [-0.2, 0) is 4.79 Å². The van der Waals surface area contributed by atoms with Crippen LogP contribution in [0.25, 0.3) is 0 Å². The standard InChI is InChI=1S/C20H26N2O4S/c1-10(2)15-8-7-11(3)9-16(15)26-14(6)18(23)21-13(5)19-22-12(4)17(27-19)20(24)25/h7-10,13-14H,1-6H3,(H,21,23)(H,24,25). The van der Waals surface area contributed by atoms with Gasteiger partial charge in [0, 0.05) is 0 Å². The molecule has 2 N–H and O–H groups in total. The van der Waals surface area contributed by atoms with E-state index in [4.69, 9.17) is 9.84 Å². The van der Waals surface area contributed by atoms with Gasteiger partial charge in [0.15, 0.2) is 6.10 Å². The number of hydrogen-bond donors (Lipinski definition) is 2. The summed E-state index contributed by atoms with van der Waals surface area (Å²) in [6, 6.07) is 5.59. The zero-order chi connectivity index (χ0) is 20.3. The highest BCUT2D eigenvalue weighted by molar-refractivity contribution is 7.13. The zero-order valence-corrected chi connectivity index (χ0v) is 17.3. The lowest BCUT2D eigenvalue weighted by Gasteiger charge is -2.20. The first-order chi connectivity index (χ1) is 12.6. The summed E-state index contributed by atoms with van der Waals surface area (Å²) in [4.78, 5) is 28.2. The number of amides is 1. The number of hydrogen-bond acceptors (Lipinski definition) is 5. The second-order valence-corrected chi connectivity index (χ2v) is 7.99. The topological polar surface area (TPSA) is 88.5 Å². The van der Waals surface area contributed by atoms with Crippen molar-refractivity contribution in [2.45, 2.75) is 59.6 Å². The predicted octanol–water partition coefficient (Wildman–Crippen LogP) is 4.23. The third-order valence-electron chi connectivity index (χ3n) is 4.20. The molecule has 7 heteroatoms. The third-order valence-corrected chi connectivity index (χ3v) is 5.53. The number of thiazole rings is 1. The van der Waals surface area contributed by atoms with E-state index in [1.54, 1.807) is 20.8 Å². The molecule has 0 spiro atoms. The second kappa shape index (κ2) is 8.52. The first-order valence-corrected chi connectivity index (χ1v) is 9.70. The number of carboxylic acid groups (broad SMARTS) is 1. The Morgan fingerprint density at radius 1 is 1.19 bits per heavy atom. The molecule has 0 aliphatic heterocycles. The normalized spacial score (nSPS) is 13.3. The molecule has 0 saturated carbocycles. The van der Waals surface area contributed by atoms with Gasteiger partial charge in [-0.05, 0) is 50.8 Å². The van der Waals surface area contributed by atoms with Crippen molar-refractivity contribution in [3.05, 3.63) is 44.9 Å². The number of carboxylic acids is 1. The second-order valence-electron chi connectivity index (χ2n) is 6.96. The largest absolute Gasteiger partial charge is 0.481 e. The number of carbonyl (C=O) groups is 2. The highest BCUT2D eigenvalue weighted by atomic mass is 32.1. The van der Waals surface area contributed by atoms with Crippen LogP contribution in [0.2, 0.25) is 0 Å². The Kier molecular flexibility index (Phi) is 6.59. The van der Waals surface area contributed by atoms with Crippen molar-refractivity contribution in [1.29, 1.82) is 0 Å². The molecule has 1 aromatic heterocycles. The fourth-order valence-corrected chi connectivity index (χ4v) is 3.57. The number of nitrogens with zero attached hydrogens (tertiary/aromatic N) is 1. The van der Waals surface area contributed by atoms with Crippen LogP contribution in [0.1, 0.15) is 71.2 Å². The predicted molar refractivity (Wildman–Crippen MR) is 106 cm³/mol. The van der Waals surface area contributed by atoms with Crippen LogP contribution in [0.5, 0.6) is 5.75 Å². The van der Waals surface area contributed by atoms with Gasteiger partial charge in [0.25, 0.3) is 5.91 Å². The van der Waals surface area contributed by atoms with Crippen LogP contribution >= 0.6 is 11.3 Å². The molecular formula is C20H26N2O4S. The highest BCUT2D eigenvalue weighted by Gasteiger charge is 2.23. The third kappa shape index (κ3) is 5.07. The molecule has 146 valence electrons. The molecule has 2 unspecified atom stereocenters. The number of aromatic carboxylic acids is 1. The number of nitrogens with one attached hydrogen (secondary N) is 1. The fraction of sp³-hybridized carbons (Fsp3) is 0.450. The quantitative estimate of drug-likeness (QED) is 0.739. The van der Waals surface area contributed by atoms with Gasteiger partial charge in [-0.3, -0.25) is 4.79 Å². The highest BCUT2D eigenvalue weighted by Crippen LogP contribution is 2.29. The van der Waals surface area contributed by atoms with E-state index < -0.39 is 18.1 Å². The summed E-state index contributed by atoms with van der Waals surface area (Å²) >= 11 is 1.08. The molecule has 2 rings (SSSR count). The molecule has 27 heavy (non-hydrogen) atoms. The Labute approximate surface area is 163 Å². The van der Waals surface area contributed by atoms with Gasteiger partial charge in [-0.25, -0.2) is 9.78 Å². The number of carbonyl (C=O) groups excluding carboxylic acids is 1. The fourth-order valence-electron chi connectivity index (χ4n) is 2.66. The Hall–Kier alpha value is -2.41. The van der Waals surface area contributed by atoms with Gasteiger partial charge in [-0.15, -0.1) is 11.3 Å². The van der Waals surface area contributed by atoms with Gasteiger partial charge in [0.2, 0.25) is 0 Å². The smallest absolute Gasteiger partial charge is 0.347 e. The summed E-state index contributed by atoms with van der Waals surface area (Å²) in [5, 5.41) is 12.6. The van der Waals surface area contributed by atoms with Crippen LogP contribution in [0.4, 0.5) is 0 Å². The van der Waals surface area contributed by atoms with E-state index in [-0.39, 0.29) is 16.7 Å².